The maximum atomic E-state index is 2.71. The summed E-state index contributed by atoms with van der Waals surface area (Å²) in [5.41, 5.74) is 0.603. The molecule has 88 valence electrons. The molecule has 2 heterocycles. The van der Waals surface area contributed by atoms with Gasteiger partial charge in [0, 0.05) is 19.1 Å². The number of likely N-dealkylation sites (N-methyl/N-ethyl adjacent to an activating group) is 1. The van der Waals surface area contributed by atoms with E-state index in [4.69, 9.17) is 0 Å². The van der Waals surface area contributed by atoms with Gasteiger partial charge in [-0.05, 0) is 44.3 Å². The van der Waals surface area contributed by atoms with Gasteiger partial charge in [-0.1, -0.05) is 20.8 Å². The van der Waals surface area contributed by atoms with Crippen molar-refractivity contribution in [2.45, 2.75) is 39.7 Å². The van der Waals surface area contributed by atoms with Gasteiger partial charge >= 0.3 is 0 Å². The first-order chi connectivity index (χ1) is 7.01. The lowest BCUT2D eigenvalue weighted by atomic mass is 9.71. The lowest BCUT2D eigenvalue weighted by Crippen LogP contribution is -2.60. The zero-order chi connectivity index (χ0) is 11.1. The topological polar surface area (TPSA) is 6.48 Å². The third kappa shape index (κ3) is 2.21. The summed E-state index contributed by atoms with van der Waals surface area (Å²) in [5, 5.41) is 0. The van der Waals surface area contributed by atoms with Crippen LogP contribution >= 0.6 is 0 Å². The molecule has 0 bridgehead atoms. The standard InChI is InChI=1S/C13H26N2/c1-11(2)13(3)5-7-15(8-6-13)12-9-14(4)10-12/h11-12H,5-10H2,1-4H3. The van der Waals surface area contributed by atoms with E-state index < -0.39 is 0 Å². The molecule has 2 nitrogen and oxygen atoms in total. The Morgan fingerprint density at radius 3 is 2.07 bits per heavy atom. The van der Waals surface area contributed by atoms with Gasteiger partial charge in [-0.2, -0.15) is 0 Å². The average Bonchev–Trinajstić information content (AvgIpc) is 2.15. The van der Waals surface area contributed by atoms with Crippen LogP contribution in [-0.4, -0.2) is 49.1 Å². The molecule has 0 unspecified atom stereocenters. The second kappa shape index (κ2) is 4.06. The van der Waals surface area contributed by atoms with E-state index in [2.05, 4.69) is 37.6 Å². The maximum absolute atomic E-state index is 2.71. The van der Waals surface area contributed by atoms with Gasteiger partial charge in [-0.15, -0.1) is 0 Å². The molecule has 15 heavy (non-hydrogen) atoms. The number of rotatable bonds is 2. The van der Waals surface area contributed by atoms with Gasteiger partial charge in [0.05, 0.1) is 0 Å². The molecule has 0 amide bonds. The molecule has 2 rings (SSSR count). The Morgan fingerprint density at radius 1 is 1.13 bits per heavy atom. The first-order valence-electron chi connectivity index (χ1n) is 6.44. The molecular weight excluding hydrogens is 184 g/mol. The summed E-state index contributed by atoms with van der Waals surface area (Å²) in [5.74, 6) is 0.837. The molecule has 0 radical (unpaired) electrons. The summed E-state index contributed by atoms with van der Waals surface area (Å²) in [6.07, 6.45) is 2.79. The van der Waals surface area contributed by atoms with E-state index in [0.29, 0.717) is 5.41 Å². The van der Waals surface area contributed by atoms with Crippen LogP contribution < -0.4 is 0 Å². The highest BCUT2D eigenvalue weighted by Gasteiger charge is 2.37. The van der Waals surface area contributed by atoms with Gasteiger partial charge in [-0.25, -0.2) is 0 Å². The molecule has 0 aromatic heterocycles. The first kappa shape index (κ1) is 11.4. The van der Waals surface area contributed by atoms with Crippen LogP contribution in [-0.2, 0) is 0 Å². The van der Waals surface area contributed by atoms with E-state index in [-0.39, 0.29) is 0 Å². The molecule has 2 saturated heterocycles. The van der Waals surface area contributed by atoms with Crippen LogP contribution in [0.5, 0.6) is 0 Å². The van der Waals surface area contributed by atoms with Gasteiger partial charge in [0.15, 0.2) is 0 Å². The van der Waals surface area contributed by atoms with Crippen LogP contribution in [0.1, 0.15) is 33.6 Å². The van der Waals surface area contributed by atoms with E-state index in [1.54, 1.807) is 0 Å². The van der Waals surface area contributed by atoms with Crippen LogP contribution in [0.4, 0.5) is 0 Å². The Balaban J connectivity index is 1.82. The SMILES string of the molecule is CC(C)C1(C)CCN(C2CN(C)C2)CC1. The van der Waals surface area contributed by atoms with E-state index >= 15 is 0 Å². The van der Waals surface area contributed by atoms with Crippen LogP contribution in [0.15, 0.2) is 0 Å². The van der Waals surface area contributed by atoms with Gasteiger partial charge in [0.1, 0.15) is 0 Å². The molecule has 0 aliphatic carbocycles. The Bertz CT molecular complexity index is 211. The molecule has 0 atom stereocenters. The van der Waals surface area contributed by atoms with Gasteiger partial charge < -0.3 is 4.90 Å². The lowest BCUT2D eigenvalue weighted by Gasteiger charge is -2.49. The molecule has 0 aromatic carbocycles. The van der Waals surface area contributed by atoms with Crippen LogP contribution in [0.2, 0.25) is 0 Å². The highest BCUT2D eigenvalue weighted by molar-refractivity contribution is 4.92. The highest BCUT2D eigenvalue weighted by Crippen LogP contribution is 2.38. The van der Waals surface area contributed by atoms with Crippen molar-refractivity contribution in [2.24, 2.45) is 11.3 Å². The Hall–Kier alpha value is -0.0800. The van der Waals surface area contributed by atoms with Crippen molar-refractivity contribution < 1.29 is 0 Å². The fourth-order valence-corrected chi connectivity index (χ4v) is 2.87. The number of likely N-dealkylation sites (tertiary alicyclic amines) is 2. The van der Waals surface area contributed by atoms with Crippen molar-refractivity contribution in [1.29, 1.82) is 0 Å². The highest BCUT2D eigenvalue weighted by atomic mass is 15.3. The summed E-state index contributed by atoms with van der Waals surface area (Å²) in [7, 11) is 2.22. The minimum Gasteiger partial charge on any atom is -0.303 e. The molecule has 2 aliphatic rings. The molecule has 0 saturated carbocycles. The molecule has 0 N–H and O–H groups in total. The van der Waals surface area contributed by atoms with Crippen molar-refractivity contribution >= 4 is 0 Å². The Morgan fingerprint density at radius 2 is 1.67 bits per heavy atom. The largest absolute Gasteiger partial charge is 0.303 e. The second-order valence-corrected chi connectivity index (χ2v) is 6.22. The minimum atomic E-state index is 0.603. The average molecular weight is 210 g/mol. The van der Waals surface area contributed by atoms with Crippen molar-refractivity contribution in [2.75, 3.05) is 33.2 Å². The van der Waals surface area contributed by atoms with Crippen molar-refractivity contribution in [1.82, 2.24) is 9.80 Å². The maximum Gasteiger partial charge on any atom is 0.0350 e. The van der Waals surface area contributed by atoms with Crippen molar-refractivity contribution in [3.63, 3.8) is 0 Å². The minimum absolute atomic E-state index is 0.603. The van der Waals surface area contributed by atoms with Gasteiger partial charge in [0.2, 0.25) is 0 Å². The molecule has 2 fully saturated rings. The quantitative estimate of drug-likeness (QED) is 0.688. The fourth-order valence-electron chi connectivity index (χ4n) is 2.87. The van der Waals surface area contributed by atoms with Crippen LogP contribution in [0.3, 0.4) is 0 Å². The lowest BCUT2D eigenvalue weighted by molar-refractivity contribution is -0.00218. The zero-order valence-corrected chi connectivity index (χ0v) is 10.8. The summed E-state index contributed by atoms with van der Waals surface area (Å²) in [4.78, 5) is 5.13. The smallest absolute Gasteiger partial charge is 0.0350 e. The summed E-state index contributed by atoms with van der Waals surface area (Å²) >= 11 is 0. The number of piperidine rings is 1. The van der Waals surface area contributed by atoms with E-state index in [9.17, 15) is 0 Å². The molecule has 0 spiro atoms. The van der Waals surface area contributed by atoms with E-state index in [1.165, 1.54) is 39.0 Å². The first-order valence-corrected chi connectivity index (χ1v) is 6.44. The second-order valence-electron chi connectivity index (χ2n) is 6.22. The molecular formula is C13H26N2. The molecule has 2 heteroatoms. The Kier molecular flexibility index (Phi) is 3.09. The van der Waals surface area contributed by atoms with Crippen LogP contribution in [0, 0.1) is 11.3 Å². The predicted octanol–water partition coefficient (Wildman–Crippen LogP) is 2.06. The third-order valence-electron chi connectivity index (χ3n) is 4.90. The predicted molar refractivity (Wildman–Crippen MR) is 65.0 cm³/mol. The molecule has 0 aromatic rings. The zero-order valence-electron chi connectivity index (χ0n) is 10.8. The van der Waals surface area contributed by atoms with Gasteiger partial charge in [-0.3, -0.25) is 4.90 Å². The molecule has 2 aliphatic heterocycles. The summed E-state index contributed by atoms with van der Waals surface area (Å²) < 4.78 is 0. The normalized spacial score (nSPS) is 29.4. The third-order valence-corrected chi connectivity index (χ3v) is 4.90. The van der Waals surface area contributed by atoms with Crippen molar-refractivity contribution in [3.8, 4) is 0 Å². The number of hydrogen-bond donors (Lipinski definition) is 0. The summed E-state index contributed by atoms with van der Waals surface area (Å²) in [6.45, 7) is 12.5. The van der Waals surface area contributed by atoms with Crippen molar-refractivity contribution in [3.05, 3.63) is 0 Å². The van der Waals surface area contributed by atoms with E-state index in [1.807, 2.05) is 0 Å². The van der Waals surface area contributed by atoms with Crippen LogP contribution in [0.25, 0.3) is 0 Å². The fraction of sp³-hybridized carbons (Fsp3) is 1.00. The number of nitrogens with zero attached hydrogens (tertiary/aromatic N) is 2. The van der Waals surface area contributed by atoms with E-state index in [0.717, 1.165) is 12.0 Å². The Labute approximate surface area is 94.6 Å². The van der Waals surface area contributed by atoms with Gasteiger partial charge in [0.25, 0.3) is 0 Å². The summed E-state index contributed by atoms with van der Waals surface area (Å²) in [6, 6.07) is 0.867. The monoisotopic (exact) mass is 210 g/mol. The number of hydrogen-bond acceptors (Lipinski definition) is 2.